The predicted octanol–water partition coefficient (Wildman–Crippen LogP) is 3.87. The molecule has 174 valence electrons. The zero-order valence-electron chi connectivity index (χ0n) is 18.5. The highest BCUT2D eigenvalue weighted by atomic mass is 32.2. The molecule has 0 atom stereocenters. The van der Waals surface area contributed by atoms with Crippen molar-refractivity contribution in [2.75, 3.05) is 24.2 Å². The molecule has 0 saturated carbocycles. The third-order valence-corrected chi connectivity index (χ3v) is 8.52. The Labute approximate surface area is 198 Å². The van der Waals surface area contributed by atoms with E-state index in [4.69, 9.17) is 0 Å². The lowest BCUT2D eigenvalue weighted by Gasteiger charge is -2.21. The number of nitrogens with zero attached hydrogens (tertiary/aromatic N) is 4. The monoisotopic (exact) mass is 485 g/mol. The van der Waals surface area contributed by atoms with Crippen LogP contribution in [0.1, 0.15) is 31.2 Å². The summed E-state index contributed by atoms with van der Waals surface area (Å²) in [4.78, 5) is 12.8. The molecule has 1 aromatic heterocycles. The number of aryl methyl sites for hydroxylation is 1. The molecule has 0 spiro atoms. The molecular formula is C23H27N5O3S2. The minimum absolute atomic E-state index is 0.119. The summed E-state index contributed by atoms with van der Waals surface area (Å²) in [6.07, 6.45) is 5.46. The van der Waals surface area contributed by atoms with E-state index in [0.29, 0.717) is 29.5 Å². The van der Waals surface area contributed by atoms with Crippen molar-refractivity contribution in [1.82, 2.24) is 19.1 Å². The zero-order chi connectivity index (χ0) is 23.3. The van der Waals surface area contributed by atoms with Crippen LogP contribution in [0.4, 0.5) is 5.69 Å². The van der Waals surface area contributed by atoms with Crippen LogP contribution in [0.3, 0.4) is 0 Å². The van der Waals surface area contributed by atoms with Crippen molar-refractivity contribution in [3.8, 4) is 5.69 Å². The lowest BCUT2D eigenvalue weighted by atomic mass is 10.2. The van der Waals surface area contributed by atoms with Crippen LogP contribution in [0, 0.1) is 6.92 Å². The molecule has 33 heavy (non-hydrogen) atoms. The zero-order valence-corrected chi connectivity index (χ0v) is 20.1. The van der Waals surface area contributed by atoms with E-state index < -0.39 is 10.0 Å². The number of para-hydroxylation sites is 1. The van der Waals surface area contributed by atoms with Gasteiger partial charge in [-0.15, -0.1) is 10.2 Å². The first-order valence-corrected chi connectivity index (χ1v) is 13.4. The van der Waals surface area contributed by atoms with Crippen LogP contribution < -0.4 is 5.32 Å². The molecule has 2 aromatic carbocycles. The molecular weight excluding hydrogens is 458 g/mol. The molecule has 1 aliphatic heterocycles. The first-order chi connectivity index (χ1) is 15.9. The average molecular weight is 486 g/mol. The molecule has 1 aliphatic rings. The van der Waals surface area contributed by atoms with Crippen molar-refractivity contribution in [2.45, 2.75) is 42.7 Å². The number of hydrogen-bond acceptors (Lipinski definition) is 6. The van der Waals surface area contributed by atoms with Gasteiger partial charge in [-0.3, -0.25) is 9.36 Å². The molecule has 3 aromatic rings. The second-order valence-corrected chi connectivity index (χ2v) is 10.8. The molecule has 0 unspecified atom stereocenters. The summed E-state index contributed by atoms with van der Waals surface area (Å²) in [6.45, 7) is 2.86. The van der Waals surface area contributed by atoms with Crippen molar-refractivity contribution in [2.24, 2.45) is 0 Å². The van der Waals surface area contributed by atoms with Gasteiger partial charge in [0, 0.05) is 24.5 Å². The summed E-state index contributed by atoms with van der Waals surface area (Å²) in [7, 11) is -3.60. The lowest BCUT2D eigenvalue weighted by molar-refractivity contribution is -0.113. The van der Waals surface area contributed by atoms with E-state index in [9.17, 15) is 13.2 Å². The molecule has 4 rings (SSSR count). The lowest BCUT2D eigenvalue weighted by Crippen LogP contribution is -2.32. The van der Waals surface area contributed by atoms with E-state index in [1.165, 1.54) is 11.8 Å². The molecule has 0 radical (unpaired) electrons. The third kappa shape index (κ3) is 5.63. The van der Waals surface area contributed by atoms with Gasteiger partial charge in [-0.25, -0.2) is 8.42 Å². The van der Waals surface area contributed by atoms with E-state index in [2.05, 4.69) is 15.5 Å². The summed E-state index contributed by atoms with van der Waals surface area (Å²) in [5.41, 5.74) is 2.04. The molecule has 0 aliphatic carbocycles. The Morgan fingerprint density at radius 1 is 1.06 bits per heavy atom. The van der Waals surface area contributed by atoms with Crippen molar-refractivity contribution in [3.63, 3.8) is 0 Å². The highest BCUT2D eigenvalue weighted by Crippen LogP contribution is 2.26. The van der Waals surface area contributed by atoms with Crippen LogP contribution in [0.2, 0.25) is 0 Å². The average Bonchev–Trinajstić information content (AvgIpc) is 3.11. The number of rotatable bonds is 7. The number of sulfonamides is 1. The van der Waals surface area contributed by atoms with E-state index >= 15 is 0 Å². The maximum atomic E-state index is 13.2. The van der Waals surface area contributed by atoms with Crippen LogP contribution in [0.15, 0.2) is 64.9 Å². The summed E-state index contributed by atoms with van der Waals surface area (Å²) in [6, 6.07) is 14.7. The molecule has 1 amide bonds. The van der Waals surface area contributed by atoms with Gasteiger partial charge in [0.05, 0.1) is 10.6 Å². The first-order valence-electron chi connectivity index (χ1n) is 10.9. The molecule has 8 nitrogen and oxygen atoms in total. The summed E-state index contributed by atoms with van der Waals surface area (Å²) >= 11 is 1.26. The fourth-order valence-electron chi connectivity index (χ4n) is 3.79. The summed E-state index contributed by atoms with van der Waals surface area (Å²) in [5.74, 6) is -0.127. The Morgan fingerprint density at radius 3 is 2.52 bits per heavy atom. The number of benzene rings is 2. The van der Waals surface area contributed by atoms with Crippen molar-refractivity contribution >= 4 is 33.4 Å². The molecule has 10 heteroatoms. The number of anilines is 1. The Kier molecular flexibility index (Phi) is 7.46. The SMILES string of the molecule is Cc1ccc(NC(=O)CSc2nncn2-c2ccccc2)cc1S(=O)(=O)N1CCCCCC1. The Bertz CT molecular complexity index is 1200. The number of amides is 1. The topological polar surface area (TPSA) is 97.2 Å². The number of carbonyl (C=O) groups is 1. The molecule has 1 saturated heterocycles. The van der Waals surface area contributed by atoms with Crippen molar-refractivity contribution in [1.29, 1.82) is 0 Å². The fourth-order valence-corrected chi connectivity index (χ4v) is 6.29. The van der Waals surface area contributed by atoms with Crippen molar-refractivity contribution < 1.29 is 13.2 Å². The van der Waals surface area contributed by atoms with Gasteiger partial charge in [0.1, 0.15) is 6.33 Å². The highest BCUT2D eigenvalue weighted by molar-refractivity contribution is 7.99. The summed E-state index contributed by atoms with van der Waals surface area (Å²) in [5, 5.41) is 11.5. The van der Waals surface area contributed by atoms with Gasteiger partial charge < -0.3 is 5.32 Å². The van der Waals surface area contributed by atoms with Crippen LogP contribution in [-0.4, -0.2) is 52.2 Å². The number of nitrogens with one attached hydrogen (secondary N) is 1. The molecule has 0 bridgehead atoms. The number of carbonyl (C=O) groups excluding carboxylic acids is 1. The maximum absolute atomic E-state index is 13.2. The smallest absolute Gasteiger partial charge is 0.243 e. The predicted molar refractivity (Wildman–Crippen MR) is 129 cm³/mol. The molecule has 2 heterocycles. The van der Waals surface area contributed by atoms with E-state index in [1.54, 1.807) is 35.8 Å². The Hall–Kier alpha value is -2.69. The fraction of sp³-hybridized carbons (Fsp3) is 0.348. The van der Waals surface area contributed by atoms with Gasteiger partial charge in [0.25, 0.3) is 0 Å². The summed E-state index contributed by atoms with van der Waals surface area (Å²) < 4.78 is 29.9. The van der Waals surface area contributed by atoms with Crippen LogP contribution in [-0.2, 0) is 14.8 Å². The largest absolute Gasteiger partial charge is 0.325 e. The quantitative estimate of drug-likeness (QED) is 0.510. The molecule has 1 fully saturated rings. The van der Waals surface area contributed by atoms with Gasteiger partial charge >= 0.3 is 0 Å². The van der Waals surface area contributed by atoms with E-state index in [-0.39, 0.29) is 16.6 Å². The maximum Gasteiger partial charge on any atom is 0.243 e. The van der Waals surface area contributed by atoms with Gasteiger partial charge in [-0.2, -0.15) is 4.31 Å². The van der Waals surface area contributed by atoms with Crippen molar-refractivity contribution in [3.05, 3.63) is 60.4 Å². The van der Waals surface area contributed by atoms with Gasteiger partial charge in [-0.05, 0) is 49.6 Å². The van der Waals surface area contributed by atoms with Gasteiger partial charge in [0.2, 0.25) is 15.9 Å². The van der Waals surface area contributed by atoms with Crippen LogP contribution in [0.25, 0.3) is 5.69 Å². The third-order valence-electron chi connectivity index (χ3n) is 5.54. The highest BCUT2D eigenvalue weighted by Gasteiger charge is 2.27. The molecule has 1 N–H and O–H groups in total. The number of aromatic nitrogens is 3. The van der Waals surface area contributed by atoms with Gasteiger partial charge in [-0.1, -0.05) is 48.9 Å². The minimum Gasteiger partial charge on any atom is -0.325 e. The second kappa shape index (κ2) is 10.5. The normalized spacial score (nSPS) is 15.2. The first kappa shape index (κ1) is 23.5. The Morgan fingerprint density at radius 2 is 1.79 bits per heavy atom. The van der Waals surface area contributed by atoms with Gasteiger partial charge in [0.15, 0.2) is 5.16 Å². The van der Waals surface area contributed by atoms with Crippen LogP contribution in [0.5, 0.6) is 0 Å². The second-order valence-electron chi connectivity index (χ2n) is 7.95. The number of thioether (sulfide) groups is 1. The number of hydrogen-bond donors (Lipinski definition) is 1. The standard InChI is InChI=1S/C23H27N5O3S2/c1-18-11-12-19(15-21(18)33(30,31)27-13-7-2-3-8-14-27)25-22(29)16-32-23-26-24-17-28(23)20-9-5-4-6-10-20/h4-6,9-12,15,17H,2-3,7-8,13-14,16H2,1H3,(H,25,29). The van der Waals surface area contributed by atoms with E-state index in [0.717, 1.165) is 31.4 Å². The van der Waals surface area contributed by atoms with Crippen LogP contribution >= 0.6 is 11.8 Å². The Balaban J connectivity index is 1.44. The van der Waals surface area contributed by atoms with E-state index in [1.807, 2.05) is 34.9 Å². The minimum atomic E-state index is -3.60.